The smallest absolute Gasteiger partial charge is 0.314 e. The Labute approximate surface area is 107 Å². The average molecular weight is 255 g/mol. The number of carbonyl (C=O) groups is 2. The third-order valence-corrected chi connectivity index (χ3v) is 3.70. The Hall–Kier alpha value is -1.30. The SMILES string of the molecule is CCC1CCC(C(=O)NC2CCN(C(N)=O)C2)O1. The van der Waals surface area contributed by atoms with E-state index in [1.165, 1.54) is 0 Å². The molecule has 3 amide bonds. The van der Waals surface area contributed by atoms with E-state index >= 15 is 0 Å². The highest BCUT2D eigenvalue weighted by Gasteiger charge is 2.32. The number of hydrogen-bond donors (Lipinski definition) is 2. The number of hydrogen-bond acceptors (Lipinski definition) is 3. The first-order valence-electron chi connectivity index (χ1n) is 6.60. The number of nitrogens with zero attached hydrogens (tertiary/aromatic N) is 1. The Morgan fingerprint density at radius 2 is 2.17 bits per heavy atom. The lowest BCUT2D eigenvalue weighted by Gasteiger charge is -2.17. The molecule has 3 unspecified atom stereocenters. The predicted octanol–water partition coefficient (Wildman–Crippen LogP) is 0.213. The minimum atomic E-state index is -0.421. The molecule has 2 aliphatic rings. The summed E-state index contributed by atoms with van der Waals surface area (Å²) in [5, 5.41) is 2.94. The van der Waals surface area contributed by atoms with Gasteiger partial charge in [-0.25, -0.2) is 4.79 Å². The van der Waals surface area contributed by atoms with Gasteiger partial charge in [0.05, 0.1) is 6.10 Å². The quantitative estimate of drug-likeness (QED) is 0.756. The second-order valence-corrected chi connectivity index (χ2v) is 5.01. The molecule has 2 heterocycles. The molecule has 0 aromatic rings. The summed E-state index contributed by atoms with van der Waals surface area (Å²) in [5.74, 6) is -0.0535. The molecule has 6 heteroatoms. The fraction of sp³-hybridized carbons (Fsp3) is 0.833. The minimum absolute atomic E-state index is 0.00859. The topological polar surface area (TPSA) is 84.7 Å². The molecule has 0 spiro atoms. The van der Waals surface area contributed by atoms with Crippen LogP contribution in [0, 0.1) is 0 Å². The molecular weight excluding hydrogens is 234 g/mol. The standard InChI is InChI=1S/C12H21N3O3/c1-2-9-3-4-10(18-9)11(16)14-8-5-6-15(7-8)12(13)17/h8-10H,2-7H2,1H3,(H2,13,17)(H,14,16). The number of primary amides is 1. The van der Waals surface area contributed by atoms with Gasteiger partial charge < -0.3 is 20.7 Å². The van der Waals surface area contributed by atoms with Crippen molar-refractivity contribution in [2.24, 2.45) is 5.73 Å². The van der Waals surface area contributed by atoms with Crippen LogP contribution in [0.4, 0.5) is 4.79 Å². The lowest BCUT2D eigenvalue weighted by Crippen LogP contribution is -2.44. The van der Waals surface area contributed by atoms with Gasteiger partial charge in [-0.2, -0.15) is 0 Å². The van der Waals surface area contributed by atoms with Crippen LogP contribution in [0.2, 0.25) is 0 Å². The van der Waals surface area contributed by atoms with Crippen LogP contribution in [0.3, 0.4) is 0 Å². The number of rotatable bonds is 3. The highest BCUT2D eigenvalue weighted by atomic mass is 16.5. The molecule has 2 rings (SSSR count). The molecule has 0 radical (unpaired) electrons. The van der Waals surface area contributed by atoms with Crippen LogP contribution >= 0.6 is 0 Å². The molecule has 3 atom stereocenters. The Kier molecular flexibility index (Phi) is 4.06. The molecule has 6 nitrogen and oxygen atoms in total. The number of likely N-dealkylation sites (tertiary alicyclic amines) is 1. The highest BCUT2D eigenvalue weighted by Crippen LogP contribution is 2.22. The Balaban J connectivity index is 1.77. The van der Waals surface area contributed by atoms with Crippen molar-refractivity contribution in [2.75, 3.05) is 13.1 Å². The zero-order valence-corrected chi connectivity index (χ0v) is 10.7. The van der Waals surface area contributed by atoms with Crippen LogP contribution in [0.25, 0.3) is 0 Å². The minimum Gasteiger partial charge on any atom is -0.365 e. The normalized spacial score (nSPS) is 31.6. The summed E-state index contributed by atoms with van der Waals surface area (Å²) in [6, 6.07) is -0.413. The fourth-order valence-electron chi connectivity index (χ4n) is 2.57. The van der Waals surface area contributed by atoms with E-state index < -0.39 is 6.03 Å². The lowest BCUT2D eigenvalue weighted by atomic mass is 10.1. The third-order valence-electron chi connectivity index (χ3n) is 3.70. The monoisotopic (exact) mass is 255 g/mol. The van der Waals surface area contributed by atoms with E-state index in [1.807, 2.05) is 0 Å². The molecule has 2 aliphatic heterocycles. The van der Waals surface area contributed by atoms with Crippen LogP contribution in [0.15, 0.2) is 0 Å². The van der Waals surface area contributed by atoms with Crippen molar-refractivity contribution in [2.45, 2.75) is 50.9 Å². The molecule has 102 valence electrons. The maximum Gasteiger partial charge on any atom is 0.314 e. The predicted molar refractivity (Wildman–Crippen MR) is 65.9 cm³/mol. The number of ether oxygens (including phenoxy) is 1. The van der Waals surface area contributed by atoms with E-state index in [-0.39, 0.29) is 24.2 Å². The summed E-state index contributed by atoms with van der Waals surface area (Å²) in [6.45, 7) is 3.18. The highest BCUT2D eigenvalue weighted by molar-refractivity contribution is 5.81. The van der Waals surface area contributed by atoms with Crippen molar-refractivity contribution in [1.29, 1.82) is 0 Å². The third kappa shape index (κ3) is 2.93. The van der Waals surface area contributed by atoms with Gasteiger partial charge in [-0.1, -0.05) is 6.92 Å². The number of amides is 3. The van der Waals surface area contributed by atoms with Crippen LogP contribution < -0.4 is 11.1 Å². The zero-order chi connectivity index (χ0) is 13.1. The maximum absolute atomic E-state index is 12.0. The molecule has 2 fully saturated rings. The van der Waals surface area contributed by atoms with E-state index in [4.69, 9.17) is 10.5 Å². The first kappa shape index (κ1) is 13.1. The average Bonchev–Trinajstić information content (AvgIpc) is 2.96. The molecule has 2 saturated heterocycles. The Morgan fingerprint density at radius 1 is 1.39 bits per heavy atom. The first-order valence-corrected chi connectivity index (χ1v) is 6.60. The summed E-state index contributed by atoms with van der Waals surface area (Å²) in [6.07, 6.45) is 3.34. The van der Waals surface area contributed by atoms with Crippen molar-refractivity contribution in [3.8, 4) is 0 Å². The number of urea groups is 1. The van der Waals surface area contributed by atoms with Crippen molar-refractivity contribution in [3.05, 3.63) is 0 Å². The molecule has 0 aromatic heterocycles. The van der Waals surface area contributed by atoms with Gasteiger partial charge in [-0.3, -0.25) is 4.79 Å². The van der Waals surface area contributed by atoms with Crippen LogP contribution in [-0.4, -0.2) is 48.2 Å². The van der Waals surface area contributed by atoms with Gasteiger partial charge in [-0.15, -0.1) is 0 Å². The van der Waals surface area contributed by atoms with E-state index in [0.717, 1.165) is 25.7 Å². The first-order chi connectivity index (χ1) is 8.60. The lowest BCUT2D eigenvalue weighted by molar-refractivity contribution is -0.132. The van der Waals surface area contributed by atoms with Gasteiger partial charge in [0.15, 0.2) is 0 Å². The zero-order valence-electron chi connectivity index (χ0n) is 10.7. The van der Waals surface area contributed by atoms with E-state index in [1.54, 1.807) is 4.90 Å². The van der Waals surface area contributed by atoms with E-state index in [0.29, 0.717) is 13.1 Å². The van der Waals surface area contributed by atoms with Crippen molar-refractivity contribution in [1.82, 2.24) is 10.2 Å². The molecule has 0 saturated carbocycles. The summed E-state index contributed by atoms with van der Waals surface area (Å²) >= 11 is 0. The van der Waals surface area contributed by atoms with Crippen LogP contribution in [-0.2, 0) is 9.53 Å². The summed E-state index contributed by atoms with van der Waals surface area (Å²) < 4.78 is 5.64. The molecule has 18 heavy (non-hydrogen) atoms. The molecule has 0 bridgehead atoms. The van der Waals surface area contributed by atoms with Crippen molar-refractivity contribution < 1.29 is 14.3 Å². The van der Waals surface area contributed by atoms with Crippen LogP contribution in [0.5, 0.6) is 0 Å². The van der Waals surface area contributed by atoms with Crippen molar-refractivity contribution in [3.63, 3.8) is 0 Å². The van der Waals surface area contributed by atoms with Gasteiger partial charge in [0, 0.05) is 19.1 Å². The maximum atomic E-state index is 12.0. The van der Waals surface area contributed by atoms with Gasteiger partial charge >= 0.3 is 6.03 Å². The van der Waals surface area contributed by atoms with Gasteiger partial charge in [0.2, 0.25) is 5.91 Å². The molecule has 0 aromatic carbocycles. The number of carbonyl (C=O) groups excluding carboxylic acids is 2. The molecule has 0 aliphatic carbocycles. The second-order valence-electron chi connectivity index (χ2n) is 5.01. The fourth-order valence-corrected chi connectivity index (χ4v) is 2.57. The van der Waals surface area contributed by atoms with E-state index in [9.17, 15) is 9.59 Å². The van der Waals surface area contributed by atoms with Crippen molar-refractivity contribution >= 4 is 11.9 Å². The summed E-state index contributed by atoms with van der Waals surface area (Å²) in [5.41, 5.74) is 5.20. The number of nitrogens with one attached hydrogen (secondary N) is 1. The Morgan fingerprint density at radius 3 is 2.72 bits per heavy atom. The summed E-state index contributed by atoms with van der Waals surface area (Å²) in [4.78, 5) is 24.5. The van der Waals surface area contributed by atoms with Crippen LogP contribution in [0.1, 0.15) is 32.6 Å². The Bertz CT molecular complexity index is 335. The molecular formula is C12H21N3O3. The van der Waals surface area contributed by atoms with E-state index in [2.05, 4.69) is 12.2 Å². The number of nitrogens with two attached hydrogens (primary N) is 1. The molecule has 3 N–H and O–H groups in total. The largest absolute Gasteiger partial charge is 0.365 e. The van der Waals surface area contributed by atoms with Gasteiger partial charge in [0.25, 0.3) is 0 Å². The van der Waals surface area contributed by atoms with Gasteiger partial charge in [-0.05, 0) is 25.7 Å². The second kappa shape index (κ2) is 5.56. The van der Waals surface area contributed by atoms with Gasteiger partial charge in [0.1, 0.15) is 6.10 Å². The summed E-state index contributed by atoms with van der Waals surface area (Å²) in [7, 11) is 0.